The van der Waals surface area contributed by atoms with Crippen LogP contribution in [0.3, 0.4) is 0 Å². The molecule has 1 rings (SSSR count). The summed E-state index contributed by atoms with van der Waals surface area (Å²) < 4.78 is 4.81. The first-order chi connectivity index (χ1) is 9.40. The van der Waals surface area contributed by atoms with Gasteiger partial charge in [0.25, 0.3) is 0 Å². The van der Waals surface area contributed by atoms with E-state index >= 15 is 0 Å². The standard InChI is InChI=1S/C13H23N5O2/c1-10(2)15-13(14-8-12(19)17(3)4)18(5)9-11-6-7-20-16-11/h6-7,10H,8-9H2,1-5H3,(H,14,15). The van der Waals surface area contributed by atoms with E-state index in [0.29, 0.717) is 12.5 Å². The van der Waals surface area contributed by atoms with Crippen molar-refractivity contribution in [2.45, 2.75) is 26.4 Å². The third-order valence-electron chi connectivity index (χ3n) is 2.53. The molecular formula is C13H23N5O2. The first kappa shape index (κ1) is 16.0. The minimum atomic E-state index is -0.0390. The smallest absolute Gasteiger partial charge is 0.243 e. The van der Waals surface area contributed by atoms with E-state index < -0.39 is 0 Å². The zero-order chi connectivity index (χ0) is 15.1. The van der Waals surface area contributed by atoms with E-state index in [1.165, 1.54) is 11.2 Å². The van der Waals surface area contributed by atoms with Gasteiger partial charge in [-0.05, 0) is 13.8 Å². The molecule has 0 saturated carbocycles. The summed E-state index contributed by atoms with van der Waals surface area (Å²) in [5.74, 6) is 0.626. The molecule has 0 aliphatic rings. The summed E-state index contributed by atoms with van der Waals surface area (Å²) in [6.45, 7) is 4.72. The fourth-order valence-corrected chi connectivity index (χ4v) is 1.46. The second kappa shape index (κ2) is 7.52. The number of hydrogen-bond donors (Lipinski definition) is 1. The van der Waals surface area contributed by atoms with Crippen molar-refractivity contribution in [3.63, 3.8) is 0 Å². The molecule has 0 unspecified atom stereocenters. The number of carbonyl (C=O) groups is 1. The Morgan fingerprint density at radius 1 is 1.45 bits per heavy atom. The molecule has 0 spiro atoms. The molecule has 0 radical (unpaired) electrons. The third-order valence-corrected chi connectivity index (χ3v) is 2.53. The summed E-state index contributed by atoms with van der Waals surface area (Å²) in [5.41, 5.74) is 0.810. The van der Waals surface area contributed by atoms with Crippen molar-refractivity contribution in [3.05, 3.63) is 18.0 Å². The van der Waals surface area contributed by atoms with E-state index in [4.69, 9.17) is 4.52 Å². The van der Waals surface area contributed by atoms with Crippen LogP contribution in [0.5, 0.6) is 0 Å². The first-order valence-electron chi connectivity index (χ1n) is 6.51. The molecule has 0 aliphatic heterocycles. The van der Waals surface area contributed by atoms with Crippen LogP contribution < -0.4 is 5.32 Å². The average molecular weight is 281 g/mol. The molecule has 112 valence electrons. The Labute approximate surface area is 119 Å². The zero-order valence-electron chi connectivity index (χ0n) is 12.8. The number of aromatic nitrogens is 1. The number of hydrogen-bond acceptors (Lipinski definition) is 4. The van der Waals surface area contributed by atoms with Crippen LogP contribution in [0, 0.1) is 0 Å². The minimum absolute atomic E-state index is 0.0390. The lowest BCUT2D eigenvalue weighted by Gasteiger charge is -2.23. The van der Waals surface area contributed by atoms with Gasteiger partial charge in [0.1, 0.15) is 18.5 Å². The van der Waals surface area contributed by atoms with Crippen LogP contribution in [-0.2, 0) is 11.3 Å². The monoisotopic (exact) mass is 281 g/mol. The lowest BCUT2D eigenvalue weighted by Crippen LogP contribution is -2.42. The van der Waals surface area contributed by atoms with Gasteiger partial charge >= 0.3 is 0 Å². The number of guanidine groups is 1. The number of rotatable bonds is 5. The van der Waals surface area contributed by atoms with Crippen molar-refractivity contribution in [2.24, 2.45) is 4.99 Å². The molecule has 1 aromatic heterocycles. The third kappa shape index (κ3) is 5.29. The number of nitrogens with zero attached hydrogens (tertiary/aromatic N) is 4. The van der Waals surface area contributed by atoms with Gasteiger partial charge in [-0.1, -0.05) is 5.16 Å². The number of nitrogens with one attached hydrogen (secondary N) is 1. The van der Waals surface area contributed by atoms with Crippen LogP contribution in [-0.4, -0.2) is 60.6 Å². The number of aliphatic imine (C=N–C) groups is 1. The minimum Gasteiger partial charge on any atom is -0.364 e. The summed E-state index contributed by atoms with van der Waals surface area (Å²) in [4.78, 5) is 19.4. The molecule has 0 saturated heterocycles. The summed E-state index contributed by atoms with van der Waals surface area (Å²) in [6.07, 6.45) is 1.53. The molecule has 0 aliphatic carbocycles. The SMILES string of the molecule is CC(C)NC(=NCC(=O)N(C)C)N(C)Cc1ccon1. The fraction of sp³-hybridized carbons (Fsp3) is 0.615. The maximum absolute atomic E-state index is 11.6. The number of likely N-dealkylation sites (N-methyl/N-ethyl adjacent to an activating group) is 1. The quantitative estimate of drug-likeness (QED) is 0.630. The Bertz CT molecular complexity index is 440. The van der Waals surface area contributed by atoms with Gasteiger partial charge in [-0.25, -0.2) is 4.99 Å². The highest BCUT2D eigenvalue weighted by Gasteiger charge is 2.11. The Morgan fingerprint density at radius 2 is 2.15 bits per heavy atom. The first-order valence-corrected chi connectivity index (χ1v) is 6.51. The van der Waals surface area contributed by atoms with Crippen molar-refractivity contribution in [3.8, 4) is 0 Å². The van der Waals surface area contributed by atoms with E-state index in [9.17, 15) is 4.79 Å². The number of amides is 1. The lowest BCUT2D eigenvalue weighted by atomic mass is 10.4. The molecule has 0 aromatic carbocycles. The predicted octanol–water partition coefficient (Wildman–Crippen LogP) is 0.549. The van der Waals surface area contributed by atoms with Crippen LogP contribution in [0.25, 0.3) is 0 Å². The molecule has 0 bridgehead atoms. The molecular weight excluding hydrogens is 258 g/mol. The van der Waals surface area contributed by atoms with Gasteiger partial charge in [-0.2, -0.15) is 0 Å². The van der Waals surface area contributed by atoms with Crippen LogP contribution in [0.2, 0.25) is 0 Å². The second-order valence-corrected chi connectivity index (χ2v) is 5.07. The van der Waals surface area contributed by atoms with Crippen molar-refractivity contribution in [2.75, 3.05) is 27.7 Å². The Hall–Kier alpha value is -2.05. The summed E-state index contributed by atoms with van der Waals surface area (Å²) in [6, 6.07) is 2.03. The Kier molecular flexibility index (Phi) is 6.02. The molecule has 0 fully saturated rings. The highest BCUT2D eigenvalue weighted by molar-refractivity contribution is 5.84. The van der Waals surface area contributed by atoms with Gasteiger partial charge in [0.05, 0.1) is 6.54 Å². The molecule has 1 heterocycles. The summed E-state index contributed by atoms with van der Waals surface area (Å²) in [7, 11) is 5.32. The van der Waals surface area contributed by atoms with Gasteiger partial charge in [-0.3, -0.25) is 4.79 Å². The van der Waals surface area contributed by atoms with Crippen LogP contribution in [0.4, 0.5) is 0 Å². The maximum Gasteiger partial charge on any atom is 0.243 e. The van der Waals surface area contributed by atoms with Crippen LogP contribution in [0.15, 0.2) is 21.8 Å². The van der Waals surface area contributed by atoms with Gasteiger partial charge in [0, 0.05) is 33.3 Å². The van der Waals surface area contributed by atoms with E-state index in [2.05, 4.69) is 15.5 Å². The molecule has 1 amide bonds. The van der Waals surface area contributed by atoms with E-state index in [1.807, 2.05) is 25.8 Å². The van der Waals surface area contributed by atoms with Crippen molar-refractivity contribution in [1.29, 1.82) is 0 Å². The Morgan fingerprint density at radius 3 is 2.65 bits per heavy atom. The highest BCUT2D eigenvalue weighted by Crippen LogP contribution is 2.00. The van der Waals surface area contributed by atoms with E-state index in [-0.39, 0.29) is 18.5 Å². The molecule has 20 heavy (non-hydrogen) atoms. The van der Waals surface area contributed by atoms with Gasteiger partial charge in [0.2, 0.25) is 5.91 Å². The summed E-state index contributed by atoms with van der Waals surface area (Å²) in [5, 5.41) is 7.10. The average Bonchev–Trinajstić information content (AvgIpc) is 2.86. The van der Waals surface area contributed by atoms with Crippen LogP contribution in [0.1, 0.15) is 19.5 Å². The molecule has 7 nitrogen and oxygen atoms in total. The molecule has 7 heteroatoms. The largest absolute Gasteiger partial charge is 0.364 e. The fourth-order valence-electron chi connectivity index (χ4n) is 1.46. The lowest BCUT2D eigenvalue weighted by molar-refractivity contribution is -0.127. The van der Waals surface area contributed by atoms with Crippen molar-refractivity contribution < 1.29 is 9.32 Å². The maximum atomic E-state index is 11.6. The van der Waals surface area contributed by atoms with Gasteiger partial charge < -0.3 is 19.6 Å². The van der Waals surface area contributed by atoms with Crippen molar-refractivity contribution in [1.82, 2.24) is 20.3 Å². The van der Waals surface area contributed by atoms with Crippen LogP contribution >= 0.6 is 0 Å². The normalized spacial score (nSPS) is 11.6. The predicted molar refractivity (Wildman–Crippen MR) is 77.2 cm³/mol. The van der Waals surface area contributed by atoms with Crippen molar-refractivity contribution >= 4 is 11.9 Å². The second-order valence-electron chi connectivity index (χ2n) is 5.07. The van der Waals surface area contributed by atoms with E-state index in [0.717, 1.165) is 5.69 Å². The van der Waals surface area contributed by atoms with Gasteiger partial charge in [-0.15, -0.1) is 0 Å². The Balaban J connectivity index is 2.71. The zero-order valence-corrected chi connectivity index (χ0v) is 12.8. The highest BCUT2D eigenvalue weighted by atomic mass is 16.5. The van der Waals surface area contributed by atoms with Gasteiger partial charge in [0.15, 0.2) is 5.96 Å². The molecule has 1 N–H and O–H groups in total. The number of carbonyl (C=O) groups excluding carboxylic acids is 1. The summed E-state index contributed by atoms with van der Waals surface area (Å²) >= 11 is 0. The van der Waals surface area contributed by atoms with E-state index in [1.54, 1.807) is 20.2 Å². The molecule has 1 aromatic rings. The topological polar surface area (TPSA) is 74.0 Å². The molecule has 0 atom stereocenters.